The largest absolute Gasteiger partial charge is 0.486 e. The van der Waals surface area contributed by atoms with Crippen LogP contribution in [0.15, 0.2) is 52.9 Å². The van der Waals surface area contributed by atoms with Gasteiger partial charge in [-0.3, -0.25) is 4.90 Å². The van der Waals surface area contributed by atoms with E-state index >= 15 is 0 Å². The molecule has 4 rings (SSSR count). The molecule has 5 nitrogen and oxygen atoms in total. The molecule has 3 aromatic rings. The Balaban J connectivity index is 1.45. The zero-order chi connectivity index (χ0) is 17.9. The second-order valence-corrected chi connectivity index (χ2v) is 6.54. The van der Waals surface area contributed by atoms with Crippen LogP contribution in [0.5, 0.6) is 11.5 Å². The van der Waals surface area contributed by atoms with Gasteiger partial charge in [0.1, 0.15) is 19.0 Å². The van der Waals surface area contributed by atoms with Crippen LogP contribution in [0.25, 0.3) is 11.5 Å². The third-order valence-corrected chi connectivity index (χ3v) is 4.39. The summed E-state index contributed by atoms with van der Waals surface area (Å²) < 4.78 is 17.1. The monoisotopic (exact) mass is 350 g/mol. The highest BCUT2D eigenvalue weighted by atomic mass is 16.6. The molecule has 134 valence electrons. The standard InChI is InChI=1S/C21H22N2O3/c1-15-18(22-21(26-15)17-6-4-3-5-7-17)14-23(2)13-16-8-9-19-20(12-16)25-11-10-24-19/h3-9,12H,10-11,13-14H2,1-2H3. The summed E-state index contributed by atoms with van der Waals surface area (Å²) in [4.78, 5) is 6.89. The summed E-state index contributed by atoms with van der Waals surface area (Å²) in [6.07, 6.45) is 0. The van der Waals surface area contributed by atoms with E-state index in [2.05, 4.69) is 29.1 Å². The summed E-state index contributed by atoms with van der Waals surface area (Å²) in [6, 6.07) is 16.1. The number of aryl methyl sites for hydroxylation is 1. The molecule has 5 heteroatoms. The summed E-state index contributed by atoms with van der Waals surface area (Å²) >= 11 is 0. The molecule has 2 heterocycles. The fourth-order valence-electron chi connectivity index (χ4n) is 3.09. The van der Waals surface area contributed by atoms with Crippen molar-refractivity contribution in [2.45, 2.75) is 20.0 Å². The lowest BCUT2D eigenvalue weighted by molar-refractivity contribution is 0.171. The summed E-state index contributed by atoms with van der Waals surface area (Å²) in [7, 11) is 2.08. The molecule has 0 bridgehead atoms. The average molecular weight is 350 g/mol. The maximum Gasteiger partial charge on any atom is 0.226 e. The van der Waals surface area contributed by atoms with Gasteiger partial charge in [-0.25, -0.2) is 4.98 Å². The van der Waals surface area contributed by atoms with Crippen LogP contribution < -0.4 is 9.47 Å². The minimum Gasteiger partial charge on any atom is -0.486 e. The zero-order valence-corrected chi connectivity index (χ0v) is 15.1. The van der Waals surface area contributed by atoms with Crippen LogP contribution in [-0.4, -0.2) is 30.1 Å². The lowest BCUT2D eigenvalue weighted by atomic mass is 10.2. The molecule has 0 unspecified atom stereocenters. The smallest absolute Gasteiger partial charge is 0.226 e. The molecule has 0 amide bonds. The molecule has 1 aliphatic rings. The number of fused-ring (bicyclic) bond motifs is 1. The highest BCUT2D eigenvalue weighted by Crippen LogP contribution is 2.31. The highest BCUT2D eigenvalue weighted by Gasteiger charge is 2.15. The molecule has 0 fully saturated rings. The zero-order valence-electron chi connectivity index (χ0n) is 15.1. The number of ether oxygens (including phenoxy) is 2. The van der Waals surface area contributed by atoms with Gasteiger partial charge < -0.3 is 13.9 Å². The summed E-state index contributed by atoms with van der Waals surface area (Å²) in [5.74, 6) is 3.18. The predicted molar refractivity (Wildman–Crippen MR) is 99.3 cm³/mol. The Labute approximate surface area is 153 Å². The van der Waals surface area contributed by atoms with Gasteiger partial charge in [-0.15, -0.1) is 0 Å². The van der Waals surface area contributed by atoms with E-state index in [9.17, 15) is 0 Å². The minimum absolute atomic E-state index is 0.604. The second-order valence-electron chi connectivity index (χ2n) is 6.54. The number of oxazole rings is 1. The molecule has 0 N–H and O–H groups in total. The number of nitrogens with zero attached hydrogens (tertiary/aromatic N) is 2. The first kappa shape index (κ1) is 16.7. The van der Waals surface area contributed by atoms with Crippen LogP contribution >= 0.6 is 0 Å². The molecule has 2 aromatic carbocycles. The summed E-state index contributed by atoms with van der Waals surface area (Å²) in [5.41, 5.74) is 3.14. The van der Waals surface area contributed by atoms with Crippen molar-refractivity contribution < 1.29 is 13.9 Å². The van der Waals surface area contributed by atoms with E-state index < -0.39 is 0 Å². The molecule has 0 saturated heterocycles. The van der Waals surface area contributed by atoms with Gasteiger partial charge in [-0.05, 0) is 43.8 Å². The van der Waals surface area contributed by atoms with E-state index in [1.165, 1.54) is 5.56 Å². The number of rotatable bonds is 5. The third-order valence-electron chi connectivity index (χ3n) is 4.39. The van der Waals surface area contributed by atoms with Crippen molar-refractivity contribution in [3.63, 3.8) is 0 Å². The van der Waals surface area contributed by atoms with Gasteiger partial charge in [0.25, 0.3) is 0 Å². The summed E-state index contributed by atoms with van der Waals surface area (Å²) in [5, 5.41) is 0. The van der Waals surface area contributed by atoms with Crippen molar-refractivity contribution in [2.75, 3.05) is 20.3 Å². The first-order valence-corrected chi connectivity index (χ1v) is 8.78. The molecule has 0 saturated carbocycles. The summed E-state index contributed by atoms with van der Waals surface area (Å²) in [6.45, 7) is 4.70. The quantitative estimate of drug-likeness (QED) is 0.695. The van der Waals surface area contributed by atoms with Crippen LogP contribution in [0, 0.1) is 6.92 Å². The number of benzene rings is 2. The van der Waals surface area contributed by atoms with Gasteiger partial charge in [-0.1, -0.05) is 24.3 Å². The molecule has 0 radical (unpaired) electrons. The first-order valence-electron chi connectivity index (χ1n) is 8.78. The van der Waals surface area contributed by atoms with Crippen LogP contribution in [-0.2, 0) is 13.1 Å². The van der Waals surface area contributed by atoms with Crippen LogP contribution in [0.1, 0.15) is 17.0 Å². The van der Waals surface area contributed by atoms with E-state index in [0.717, 1.165) is 41.6 Å². The highest BCUT2D eigenvalue weighted by molar-refractivity contribution is 5.53. The SMILES string of the molecule is Cc1oc(-c2ccccc2)nc1CN(C)Cc1ccc2c(c1)OCCO2. The van der Waals surface area contributed by atoms with Crippen LogP contribution in [0.2, 0.25) is 0 Å². The number of hydrogen-bond acceptors (Lipinski definition) is 5. The Kier molecular flexibility index (Phi) is 4.63. The lowest BCUT2D eigenvalue weighted by Crippen LogP contribution is -2.19. The van der Waals surface area contributed by atoms with Gasteiger partial charge >= 0.3 is 0 Å². The van der Waals surface area contributed by atoms with E-state index in [0.29, 0.717) is 19.1 Å². The van der Waals surface area contributed by atoms with E-state index in [1.54, 1.807) is 0 Å². The molecule has 1 aliphatic heterocycles. The Morgan fingerprint density at radius 1 is 0.962 bits per heavy atom. The minimum atomic E-state index is 0.604. The maximum absolute atomic E-state index is 5.85. The van der Waals surface area contributed by atoms with Gasteiger partial charge in [0, 0.05) is 18.7 Å². The van der Waals surface area contributed by atoms with Crippen LogP contribution in [0.3, 0.4) is 0 Å². The Morgan fingerprint density at radius 2 is 1.73 bits per heavy atom. The number of aromatic nitrogens is 1. The van der Waals surface area contributed by atoms with E-state index in [4.69, 9.17) is 13.9 Å². The topological polar surface area (TPSA) is 47.7 Å². The van der Waals surface area contributed by atoms with E-state index in [-0.39, 0.29) is 0 Å². The third kappa shape index (κ3) is 3.58. The fourth-order valence-corrected chi connectivity index (χ4v) is 3.09. The molecule has 0 spiro atoms. The Bertz CT molecular complexity index is 890. The second kappa shape index (κ2) is 7.22. The molecule has 0 aliphatic carbocycles. The van der Waals surface area contributed by atoms with Crippen molar-refractivity contribution in [1.82, 2.24) is 9.88 Å². The average Bonchev–Trinajstić information content (AvgIpc) is 3.03. The Morgan fingerprint density at radius 3 is 2.54 bits per heavy atom. The van der Waals surface area contributed by atoms with Gasteiger partial charge in [-0.2, -0.15) is 0 Å². The van der Waals surface area contributed by atoms with Crippen LogP contribution in [0.4, 0.5) is 0 Å². The van der Waals surface area contributed by atoms with Crippen molar-refractivity contribution >= 4 is 0 Å². The van der Waals surface area contributed by atoms with Crippen molar-refractivity contribution in [3.8, 4) is 23.0 Å². The van der Waals surface area contributed by atoms with Crippen molar-refractivity contribution in [1.29, 1.82) is 0 Å². The maximum atomic E-state index is 5.85. The van der Waals surface area contributed by atoms with Gasteiger partial charge in [0.15, 0.2) is 11.5 Å². The molecular formula is C21H22N2O3. The molecular weight excluding hydrogens is 328 g/mol. The molecule has 0 atom stereocenters. The number of hydrogen-bond donors (Lipinski definition) is 0. The van der Waals surface area contributed by atoms with Gasteiger partial charge in [0.2, 0.25) is 5.89 Å². The predicted octanol–water partition coefficient (Wildman–Crippen LogP) is 4.05. The van der Waals surface area contributed by atoms with Gasteiger partial charge in [0.05, 0.1) is 5.69 Å². The molecule has 26 heavy (non-hydrogen) atoms. The normalized spacial score (nSPS) is 13.2. The van der Waals surface area contributed by atoms with E-state index in [1.807, 2.05) is 43.3 Å². The Hall–Kier alpha value is -2.79. The first-order chi connectivity index (χ1) is 12.7. The molecule has 1 aromatic heterocycles. The van der Waals surface area contributed by atoms with Crippen molar-refractivity contribution in [2.24, 2.45) is 0 Å². The van der Waals surface area contributed by atoms with Crippen molar-refractivity contribution in [3.05, 3.63) is 65.5 Å². The lowest BCUT2D eigenvalue weighted by Gasteiger charge is -2.20. The fraction of sp³-hybridized carbons (Fsp3) is 0.286.